The van der Waals surface area contributed by atoms with E-state index in [-0.39, 0.29) is 5.60 Å². The number of ether oxygens (including phenoxy) is 1. The summed E-state index contributed by atoms with van der Waals surface area (Å²) in [5, 5.41) is 0. The Balaban J connectivity index is 1.84. The first-order valence-corrected chi connectivity index (χ1v) is 7.03. The van der Waals surface area contributed by atoms with E-state index in [1.807, 2.05) is 0 Å². The summed E-state index contributed by atoms with van der Waals surface area (Å²) >= 11 is 0. The normalized spacial score (nSPS) is 38.1. The molecule has 0 heterocycles. The summed E-state index contributed by atoms with van der Waals surface area (Å²) in [6, 6.07) is 0. The van der Waals surface area contributed by atoms with E-state index in [1.165, 1.54) is 38.5 Å². The van der Waals surface area contributed by atoms with Crippen LogP contribution in [0, 0.1) is 11.8 Å². The highest BCUT2D eigenvalue weighted by Gasteiger charge is 2.40. The Labute approximate surface area is 99.9 Å². The van der Waals surface area contributed by atoms with Crippen molar-refractivity contribution < 1.29 is 4.74 Å². The Hall–Kier alpha value is -0.0800. The van der Waals surface area contributed by atoms with Gasteiger partial charge in [-0.2, -0.15) is 0 Å². The quantitative estimate of drug-likeness (QED) is 0.798. The van der Waals surface area contributed by atoms with Crippen molar-refractivity contribution in [1.82, 2.24) is 0 Å². The largest absolute Gasteiger partial charge is 0.372 e. The molecule has 0 amide bonds. The molecule has 16 heavy (non-hydrogen) atoms. The van der Waals surface area contributed by atoms with Crippen LogP contribution in [0.2, 0.25) is 0 Å². The molecule has 3 atom stereocenters. The lowest BCUT2D eigenvalue weighted by Gasteiger charge is -2.46. The summed E-state index contributed by atoms with van der Waals surface area (Å²) in [6.45, 7) is 5.52. The van der Waals surface area contributed by atoms with Gasteiger partial charge in [-0.05, 0) is 63.3 Å². The molecule has 2 N–H and O–H groups in total. The summed E-state index contributed by atoms with van der Waals surface area (Å²) in [5.41, 5.74) is 5.88. The lowest BCUT2D eigenvalue weighted by molar-refractivity contribution is -0.157. The number of hydrogen-bond donors (Lipinski definition) is 1. The highest BCUT2D eigenvalue weighted by molar-refractivity contribution is 4.92. The van der Waals surface area contributed by atoms with Crippen LogP contribution >= 0.6 is 0 Å². The third kappa shape index (κ3) is 2.60. The highest BCUT2D eigenvalue weighted by atomic mass is 16.5. The van der Waals surface area contributed by atoms with Crippen LogP contribution in [0.1, 0.15) is 58.8 Å². The number of rotatable bonds is 4. The van der Waals surface area contributed by atoms with Crippen LogP contribution in [-0.4, -0.2) is 18.2 Å². The molecule has 2 aliphatic carbocycles. The van der Waals surface area contributed by atoms with Gasteiger partial charge in [0.1, 0.15) is 0 Å². The van der Waals surface area contributed by atoms with Gasteiger partial charge in [0.15, 0.2) is 0 Å². The Morgan fingerprint density at radius 2 is 1.94 bits per heavy atom. The van der Waals surface area contributed by atoms with E-state index in [1.54, 1.807) is 0 Å². The summed E-state index contributed by atoms with van der Waals surface area (Å²) in [7, 11) is 0. The van der Waals surface area contributed by atoms with Gasteiger partial charge >= 0.3 is 0 Å². The van der Waals surface area contributed by atoms with E-state index in [9.17, 15) is 0 Å². The van der Waals surface area contributed by atoms with Crippen LogP contribution in [0.15, 0.2) is 0 Å². The van der Waals surface area contributed by atoms with Crippen molar-refractivity contribution in [2.75, 3.05) is 6.54 Å². The van der Waals surface area contributed by atoms with Gasteiger partial charge in [-0.3, -0.25) is 0 Å². The van der Waals surface area contributed by atoms with Crippen LogP contribution < -0.4 is 5.73 Å². The molecule has 0 radical (unpaired) electrons. The fourth-order valence-corrected chi connectivity index (χ4v) is 3.22. The summed E-state index contributed by atoms with van der Waals surface area (Å²) in [6.07, 6.45) is 9.25. The van der Waals surface area contributed by atoms with E-state index in [0.29, 0.717) is 6.10 Å². The average Bonchev–Trinajstić information content (AvgIpc) is 2.20. The minimum absolute atomic E-state index is 0.180. The third-order valence-electron chi connectivity index (χ3n) is 4.83. The third-order valence-corrected chi connectivity index (χ3v) is 4.83. The molecule has 3 unspecified atom stereocenters. The predicted molar refractivity (Wildman–Crippen MR) is 67.3 cm³/mol. The zero-order chi connectivity index (χ0) is 11.6. The molecular weight excluding hydrogens is 198 g/mol. The average molecular weight is 225 g/mol. The molecule has 0 spiro atoms. The maximum atomic E-state index is 6.39. The monoisotopic (exact) mass is 225 g/mol. The molecule has 2 rings (SSSR count). The van der Waals surface area contributed by atoms with Gasteiger partial charge < -0.3 is 10.5 Å². The predicted octanol–water partition coefficient (Wildman–Crippen LogP) is 3.10. The van der Waals surface area contributed by atoms with Crippen molar-refractivity contribution >= 4 is 0 Å². The maximum Gasteiger partial charge on any atom is 0.0698 e. The van der Waals surface area contributed by atoms with Crippen LogP contribution in [0.4, 0.5) is 0 Å². The van der Waals surface area contributed by atoms with E-state index in [4.69, 9.17) is 10.5 Å². The van der Waals surface area contributed by atoms with Crippen LogP contribution in [-0.2, 0) is 4.74 Å². The second kappa shape index (κ2) is 5.05. The SMILES string of the molecule is CC1CCC(OC2(CCN)CCC2)CC1C. The van der Waals surface area contributed by atoms with Crippen molar-refractivity contribution in [1.29, 1.82) is 0 Å². The first kappa shape index (κ1) is 12.4. The van der Waals surface area contributed by atoms with Crippen molar-refractivity contribution in [2.45, 2.75) is 70.5 Å². The van der Waals surface area contributed by atoms with Crippen molar-refractivity contribution in [3.63, 3.8) is 0 Å². The standard InChI is InChI=1S/C14H27NO/c1-11-4-5-13(10-12(11)2)16-14(8-9-15)6-3-7-14/h11-13H,3-10,15H2,1-2H3. The Morgan fingerprint density at radius 1 is 1.19 bits per heavy atom. The van der Waals surface area contributed by atoms with Gasteiger partial charge in [-0.15, -0.1) is 0 Å². The van der Waals surface area contributed by atoms with E-state index >= 15 is 0 Å². The smallest absolute Gasteiger partial charge is 0.0698 e. The summed E-state index contributed by atoms with van der Waals surface area (Å²) in [4.78, 5) is 0. The number of nitrogens with two attached hydrogens (primary N) is 1. The molecule has 2 aliphatic rings. The second-order valence-corrected chi connectivity index (χ2v) is 6.08. The molecule has 0 saturated heterocycles. The highest BCUT2D eigenvalue weighted by Crippen LogP contribution is 2.42. The molecule has 2 nitrogen and oxygen atoms in total. The lowest BCUT2D eigenvalue weighted by atomic mass is 9.75. The molecule has 0 bridgehead atoms. The van der Waals surface area contributed by atoms with Crippen molar-refractivity contribution in [2.24, 2.45) is 17.6 Å². The summed E-state index contributed by atoms with van der Waals surface area (Å²) in [5.74, 6) is 1.71. The molecule has 2 fully saturated rings. The van der Waals surface area contributed by atoms with Crippen LogP contribution in [0.25, 0.3) is 0 Å². The van der Waals surface area contributed by atoms with Crippen molar-refractivity contribution in [3.8, 4) is 0 Å². The minimum Gasteiger partial charge on any atom is -0.372 e. The van der Waals surface area contributed by atoms with Crippen molar-refractivity contribution in [3.05, 3.63) is 0 Å². The van der Waals surface area contributed by atoms with E-state index in [2.05, 4.69) is 13.8 Å². The fourth-order valence-electron chi connectivity index (χ4n) is 3.22. The van der Waals surface area contributed by atoms with Gasteiger partial charge in [0.05, 0.1) is 11.7 Å². The lowest BCUT2D eigenvalue weighted by Crippen LogP contribution is -2.46. The molecule has 0 aromatic rings. The Kier molecular flexibility index (Phi) is 3.91. The zero-order valence-corrected chi connectivity index (χ0v) is 10.9. The van der Waals surface area contributed by atoms with E-state index in [0.717, 1.165) is 24.8 Å². The topological polar surface area (TPSA) is 35.2 Å². The van der Waals surface area contributed by atoms with Gasteiger partial charge in [0.25, 0.3) is 0 Å². The molecular formula is C14H27NO. The maximum absolute atomic E-state index is 6.39. The molecule has 2 heteroatoms. The van der Waals surface area contributed by atoms with Crippen LogP contribution in [0.5, 0.6) is 0 Å². The van der Waals surface area contributed by atoms with E-state index < -0.39 is 0 Å². The first-order chi connectivity index (χ1) is 7.65. The second-order valence-electron chi connectivity index (χ2n) is 6.08. The van der Waals surface area contributed by atoms with Gasteiger partial charge in [-0.1, -0.05) is 13.8 Å². The van der Waals surface area contributed by atoms with Crippen LogP contribution in [0.3, 0.4) is 0 Å². The minimum atomic E-state index is 0.180. The Bertz CT molecular complexity index is 225. The molecule has 0 aromatic heterocycles. The van der Waals surface area contributed by atoms with Gasteiger partial charge in [0.2, 0.25) is 0 Å². The molecule has 0 aromatic carbocycles. The molecule has 94 valence electrons. The Morgan fingerprint density at radius 3 is 2.44 bits per heavy atom. The zero-order valence-electron chi connectivity index (χ0n) is 10.9. The first-order valence-electron chi connectivity index (χ1n) is 7.03. The number of hydrogen-bond acceptors (Lipinski definition) is 2. The molecule has 0 aliphatic heterocycles. The van der Waals surface area contributed by atoms with Gasteiger partial charge in [-0.25, -0.2) is 0 Å². The van der Waals surface area contributed by atoms with Gasteiger partial charge in [0, 0.05) is 0 Å². The summed E-state index contributed by atoms with van der Waals surface area (Å²) < 4.78 is 6.39. The molecule has 2 saturated carbocycles. The fraction of sp³-hybridized carbons (Fsp3) is 1.00.